The molecule has 27 heavy (non-hydrogen) atoms. The van der Waals surface area contributed by atoms with Gasteiger partial charge in [-0.2, -0.15) is 4.68 Å². The molecule has 3 aromatic rings. The van der Waals surface area contributed by atoms with Crippen LogP contribution in [0.15, 0.2) is 48.5 Å². The first-order valence-electron chi connectivity index (χ1n) is 9.04. The van der Waals surface area contributed by atoms with E-state index in [-0.39, 0.29) is 5.91 Å². The fraction of sp³-hybridized carbons (Fsp3) is 0.316. The largest absolute Gasteiger partial charge is 0.338 e. The molecule has 0 radical (unpaired) electrons. The molecule has 1 saturated heterocycles. The minimum atomic E-state index is -0.0248. The number of carbonyl (C=O) groups is 1. The zero-order chi connectivity index (χ0) is 18.6. The molecule has 2 aromatic heterocycles. The molecule has 1 aliphatic rings. The molecule has 1 amide bonds. The molecule has 8 heteroatoms. The zero-order valence-corrected chi connectivity index (χ0v) is 15.2. The Labute approximate surface area is 157 Å². The van der Waals surface area contributed by atoms with Crippen molar-refractivity contribution >= 4 is 11.9 Å². The minimum absolute atomic E-state index is 0.0248. The molecule has 0 N–H and O–H groups in total. The molecule has 1 aliphatic heterocycles. The number of aromatic nitrogens is 5. The fourth-order valence-corrected chi connectivity index (χ4v) is 3.26. The van der Waals surface area contributed by atoms with Crippen LogP contribution in [0.25, 0.3) is 5.69 Å². The van der Waals surface area contributed by atoms with Crippen molar-refractivity contribution < 1.29 is 4.79 Å². The Hall–Kier alpha value is -3.29. The number of rotatable bonds is 3. The number of anilines is 1. The lowest BCUT2D eigenvalue weighted by Gasteiger charge is -2.22. The smallest absolute Gasteiger partial charge is 0.272 e. The average Bonchev–Trinajstić information content (AvgIpc) is 3.06. The highest BCUT2D eigenvalue weighted by Gasteiger charge is 2.24. The van der Waals surface area contributed by atoms with Crippen LogP contribution in [0.4, 0.5) is 5.95 Å². The highest BCUT2D eigenvalue weighted by Crippen LogP contribution is 2.17. The van der Waals surface area contributed by atoms with E-state index >= 15 is 0 Å². The zero-order valence-electron chi connectivity index (χ0n) is 15.2. The second-order valence-corrected chi connectivity index (χ2v) is 6.52. The Balaban J connectivity index is 1.50. The molecule has 8 nitrogen and oxygen atoms in total. The molecule has 0 aliphatic carbocycles. The van der Waals surface area contributed by atoms with E-state index in [9.17, 15) is 4.79 Å². The molecule has 0 spiro atoms. The SMILES string of the molecule is Cc1cccc(C(=O)N2CCCN(c3nnnn3-c3ccccc3)CC2)n1. The van der Waals surface area contributed by atoms with Crippen molar-refractivity contribution in [3.8, 4) is 5.69 Å². The van der Waals surface area contributed by atoms with Crippen LogP contribution in [0, 0.1) is 6.92 Å². The maximum absolute atomic E-state index is 12.8. The van der Waals surface area contributed by atoms with Crippen molar-refractivity contribution in [1.29, 1.82) is 0 Å². The first kappa shape index (κ1) is 17.1. The van der Waals surface area contributed by atoms with Crippen molar-refractivity contribution in [1.82, 2.24) is 30.1 Å². The summed E-state index contributed by atoms with van der Waals surface area (Å²) in [6, 6.07) is 15.3. The lowest BCUT2D eigenvalue weighted by molar-refractivity contribution is 0.0761. The molecule has 0 atom stereocenters. The Bertz CT molecular complexity index is 925. The summed E-state index contributed by atoms with van der Waals surface area (Å²) in [7, 11) is 0. The van der Waals surface area contributed by atoms with Crippen LogP contribution in [0.1, 0.15) is 22.6 Å². The maximum atomic E-state index is 12.8. The molecule has 3 heterocycles. The highest BCUT2D eigenvalue weighted by molar-refractivity contribution is 5.92. The normalized spacial score (nSPS) is 14.9. The maximum Gasteiger partial charge on any atom is 0.272 e. The molecule has 4 rings (SSSR count). The lowest BCUT2D eigenvalue weighted by atomic mass is 10.2. The first-order valence-corrected chi connectivity index (χ1v) is 9.04. The second kappa shape index (κ2) is 7.53. The van der Waals surface area contributed by atoms with Gasteiger partial charge in [0.2, 0.25) is 5.95 Å². The predicted molar refractivity (Wildman–Crippen MR) is 101 cm³/mol. The Morgan fingerprint density at radius 3 is 2.63 bits per heavy atom. The van der Waals surface area contributed by atoms with E-state index in [1.165, 1.54) is 0 Å². The van der Waals surface area contributed by atoms with Crippen LogP contribution >= 0.6 is 0 Å². The summed E-state index contributed by atoms with van der Waals surface area (Å²) in [5.41, 5.74) is 2.26. The number of nitrogens with zero attached hydrogens (tertiary/aromatic N) is 7. The van der Waals surface area contributed by atoms with Gasteiger partial charge in [-0.1, -0.05) is 29.4 Å². The van der Waals surface area contributed by atoms with Crippen molar-refractivity contribution in [3.05, 3.63) is 59.9 Å². The van der Waals surface area contributed by atoms with Gasteiger partial charge in [-0.25, -0.2) is 4.98 Å². The molecule has 1 fully saturated rings. The van der Waals surface area contributed by atoms with Crippen molar-refractivity contribution in [2.45, 2.75) is 13.3 Å². The monoisotopic (exact) mass is 363 g/mol. The molecule has 0 saturated carbocycles. The summed E-state index contributed by atoms with van der Waals surface area (Å²) in [6.07, 6.45) is 0.846. The van der Waals surface area contributed by atoms with Gasteiger partial charge in [-0.05, 0) is 48.0 Å². The number of amides is 1. The number of hydrogen-bond donors (Lipinski definition) is 0. The number of tetrazole rings is 1. The summed E-state index contributed by atoms with van der Waals surface area (Å²) < 4.78 is 1.74. The number of para-hydroxylation sites is 1. The third-order valence-electron chi connectivity index (χ3n) is 4.63. The summed E-state index contributed by atoms with van der Waals surface area (Å²) in [5.74, 6) is 0.674. The standard InChI is InChI=1S/C19H21N7O/c1-15-7-5-10-17(20-15)18(27)24-11-6-12-25(14-13-24)19-21-22-23-26(19)16-8-3-2-4-9-16/h2-5,7-10H,6,11-14H2,1H3. The van der Waals surface area contributed by atoms with E-state index in [2.05, 4.69) is 25.4 Å². The second-order valence-electron chi connectivity index (χ2n) is 6.52. The molecule has 138 valence electrons. The van der Waals surface area contributed by atoms with E-state index in [1.54, 1.807) is 10.7 Å². The van der Waals surface area contributed by atoms with E-state index in [1.807, 2.05) is 54.3 Å². The van der Waals surface area contributed by atoms with Crippen LogP contribution in [-0.2, 0) is 0 Å². The van der Waals surface area contributed by atoms with Gasteiger partial charge in [0, 0.05) is 31.9 Å². The molecule has 0 unspecified atom stereocenters. The Morgan fingerprint density at radius 2 is 1.81 bits per heavy atom. The van der Waals surface area contributed by atoms with E-state index in [0.717, 1.165) is 24.3 Å². The number of hydrogen-bond acceptors (Lipinski definition) is 6. The van der Waals surface area contributed by atoms with Crippen LogP contribution in [0.2, 0.25) is 0 Å². The van der Waals surface area contributed by atoms with Gasteiger partial charge in [0.05, 0.1) is 5.69 Å². The lowest BCUT2D eigenvalue weighted by Crippen LogP contribution is -2.36. The van der Waals surface area contributed by atoms with Crippen molar-refractivity contribution in [3.63, 3.8) is 0 Å². The van der Waals surface area contributed by atoms with Crippen molar-refractivity contribution in [2.24, 2.45) is 0 Å². The Kier molecular flexibility index (Phi) is 4.78. The fourth-order valence-electron chi connectivity index (χ4n) is 3.26. The van der Waals surface area contributed by atoms with Crippen LogP contribution in [0.5, 0.6) is 0 Å². The third kappa shape index (κ3) is 3.64. The average molecular weight is 363 g/mol. The van der Waals surface area contributed by atoms with Crippen LogP contribution in [-0.4, -0.2) is 62.2 Å². The number of benzene rings is 1. The number of aryl methyl sites for hydroxylation is 1. The minimum Gasteiger partial charge on any atom is -0.338 e. The van der Waals surface area contributed by atoms with Gasteiger partial charge < -0.3 is 9.80 Å². The summed E-state index contributed by atoms with van der Waals surface area (Å²) in [4.78, 5) is 21.1. The first-order chi connectivity index (χ1) is 13.2. The van der Waals surface area contributed by atoms with E-state index in [0.29, 0.717) is 31.3 Å². The number of pyridine rings is 1. The Morgan fingerprint density at radius 1 is 0.963 bits per heavy atom. The highest BCUT2D eigenvalue weighted by atomic mass is 16.2. The van der Waals surface area contributed by atoms with E-state index in [4.69, 9.17) is 0 Å². The molecule has 1 aromatic carbocycles. The van der Waals surface area contributed by atoms with Gasteiger partial charge in [0.15, 0.2) is 0 Å². The number of carbonyl (C=O) groups excluding carboxylic acids is 1. The predicted octanol–water partition coefficient (Wildman–Crippen LogP) is 1.72. The summed E-state index contributed by atoms with van der Waals surface area (Å²) >= 11 is 0. The van der Waals surface area contributed by atoms with Crippen LogP contribution < -0.4 is 4.90 Å². The van der Waals surface area contributed by atoms with Gasteiger partial charge in [-0.3, -0.25) is 4.79 Å². The molecule has 0 bridgehead atoms. The van der Waals surface area contributed by atoms with Gasteiger partial charge in [0.25, 0.3) is 5.91 Å². The van der Waals surface area contributed by atoms with Gasteiger partial charge in [0.1, 0.15) is 5.69 Å². The van der Waals surface area contributed by atoms with Gasteiger partial charge in [-0.15, -0.1) is 0 Å². The van der Waals surface area contributed by atoms with Crippen LogP contribution in [0.3, 0.4) is 0 Å². The van der Waals surface area contributed by atoms with Crippen molar-refractivity contribution in [2.75, 3.05) is 31.1 Å². The molecular weight excluding hydrogens is 342 g/mol. The molecular formula is C19H21N7O. The summed E-state index contributed by atoms with van der Waals surface area (Å²) in [6.45, 7) is 4.65. The van der Waals surface area contributed by atoms with E-state index < -0.39 is 0 Å². The third-order valence-corrected chi connectivity index (χ3v) is 4.63. The van der Waals surface area contributed by atoms with Gasteiger partial charge >= 0.3 is 0 Å². The summed E-state index contributed by atoms with van der Waals surface area (Å²) in [5, 5.41) is 12.2. The quantitative estimate of drug-likeness (QED) is 0.705. The topological polar surface area (TPSA) is 80.0 Å².